The molecular formula is C21H19Cl2F3N2O2. The molecule has 0 aliphatic carbocycles. The number of benzene rings is 2. The van der Waals surface area contributed by atoms with Gasteiger partial charge in [0.25, 0.3) is 5.60 Å². The van der Waals surface area contributed by atoms with Gasteiger partial charge in [-0.1, -0.05) is 47.4 Å². The third-order valence-corrected chi connectivity index (χ3v) is 5.39. The van der Waals surface area contributed by atoms with Crippen molar-refractivity contribution in [3.8, 4) is 0 Å². The summed E-state index contributed by atoms with van der Waals surface area (Å²) >= 11 is 11.8. The van der Waals surface area contributed by atoms with Gasteiger partial charge in [-0.15, -0.1) is 0 Å². The Morgan fingerprint density at radius 2 is 1.87 bits per heavy atom. The monoisotopic (exact) mass is 458 g/mol. The fourth-order valence-corrected chi connectivity index (χ4v) is 3.68. The SMILES string of the molecule is CCC(=O)CNc1cc(C2=NOC(c3cc(Cl)cc(Cl)c3)(C(F)(F)F)C2)ccc1C. The summed E-state index contributed by atoms with van der Waals surface area (Å²) in [4.78, 5) is 16.6. The smallest absolute Gasteiger partial charge is 0.378 e. The number of hydrogen-bond acceptors (Lipinski definition) is 4. The normalized spacial score (nSPS) is 18.7. The van der Waals surface area contributed by atoms with Crippen molar-refractivity contribution in [2.24, 2.45) is 5.16 Å². The summed E-state index contributed by atoms with van der Waals surface area (Å²) in [7, 11) is 0. The van der Waals surface area contributed by atoms with E-state index < -0.39 is 18.2 Å². The van der Waals surface area contributed by atoms with Crippen LogP contribution in [0.15, 0.2) is 41.6 Å². The fraction of sp³-hybridized carbons (Fsp3) is 0.333. The zero-order valence-corrected chi connectivity index (χ0v) is 17.8. The minimum absolute atomic E-state index is 0.0234. The molecule has 9 heteroatoms. The Balaban J connectivity index is 1.94. The summed E-state index contributed by atoms with van der Waals surface area (Å²) in [6.07, 6.45) is -4.91. The van der Waals surface area contributed by atoms with Gasteiger partial charge in [0.05, 0.1) is 12.3 Å². The summed E-state index contributed by atoms with van der Waals surface area (Å²) in [5, 5.41) is 6.92. The molecule has 2 aromatic rings. The molecule has 0 saturated carbocycles. The maximum Gasteiger partial charge on any atom is 0.435 e. The van der Waals surface area contributed by atoms with E-state index in [1.165, 1.54) is 18.2 Å². The van der Waals surface area contributed by atoms with Gasteiger partial charge in [-0.3, -0.25) is 4.79 Å². The number of halogens is 5. The topological polar surface area (TPSA) is 50.7 Å². The molecule has 160 valence electrons. The molecule has 3 rings (SSSR count). The molecule has 1 aliphatic heterocycles. The highest BCUT2D eigenvalue weighted by Gasteiger charge is 2.62. The second kappa shape index (κ2) is 8.47. The van der Waals surface area contributed by atoms with Crippen molar-refractivity contribution >= 4 is 40.4 Å². The molecule has 0 aromatic heterocycles. The standard InChI is InChI=1S/C21H19Cl2F3N2O2/c1-3-17(29)11-27-18-6-13(5-4-12(18)2)19-10-20(30-28-19,21(24,25)26)14-7-15(22)9-16(23)8-14/h4-9,27H,3,10-11H2,1-2H3. The third kappa shape index (κ3) is 4.42. The first-order valence-electron chi connectivity index (χ1n) is 9.20. The van der Waals surface area contributed by atoms with E-state index >= 15 is 0 Å². The van der Waals surface area contributed by atoms with Crippen LogP contribution in [0.3, 0.4) is 0 Å². The molecule has 2 aromatic carbocycles. The van der Waals surface area contributed by atoms with E-state index in [1.54, 1.807) is 25.1 Å². The number of alkyl halides is 3. The molecule has 0 amide bonds. The van der Waals surface area contributed by atoms with Crippen molar-refractivity contribution in [2.45, 2.75) is 38.5 Å². The first-order chi connectivity index (χ1) is 14.1. The van der Waals surface area contributed by atoms with Crippen molar-refractivity contribution in [2.75, 3.05) is 11.9 Å². The van der Waals surface area contributed by atoms with Crippen molar-refractivity contribution < 1.29 is 22.8 Å². The summed E-state index contributed by atoms with van der Waals surface area (Å²) in [6, 6.07) is 8.79. The Kier molecular flexibility index (Phi) is 6.34. The molecule has 0 bridgehead atoms. The van der Waals surface area contributed by atoms with E-state index in [-0.39, 0.29) is 33.6 Å². The predicted octanol–water partition coefficient (Wildman–Crippen LogP) is 6.28. The summed E-state index contributed by atoms with van der Waals surface area (Å²) < 4.78 is 42.3. The van der Waals surface area contributed by atoms with E-state index in [9.17, 15) is 18.0 Å². The van der Waals surface area contributed by atoms with Crippen LogP contribution in [-0.2, 0) is 15.2 Å². The minimum atomic E-state index is -4.76. The van der Waals surface area contributed by atoms with Crippen LogP contribution >= 0.6 is 23.2 Å². The van der Waals surface area contributed by atoms with Gasteiger partial charge in [0.15, 0.2) is 5.78 Å². The summed E-state index contributed by atoms with van der Waals surface area (Å²) in [5.74, 6) is 0.0234. The quantitative estimate of drug-likeness (QED) is 0.554. The van der Waals surface area contributed by atoms with Gasteiger partial charge >= 0.3 is 6.18 Å². The largest absolute Gasteiger partial charge is 0.435 e. The van der Waals surface area contributed by atoms with Crippen LogP contribution in [-0.4, -0.2) is 24.2 Å². The van der Waals surface area contributed by atoms with Crippen LogP contribution in [0.25, 0.3) is 0 Å². The molecular weight excluding hydrogens is 440 g/mol. The molecule has 1 unspecified atom stereocenters. The number of ketones is 1. The van der Waals surface area contributed by atoms with Gasteiger partial charge < -0.3 is 10.2 Å². The van der Waals surface area contributed by atoms with Gasteiger partial charge in [0.2, 0.25) is 0 Å². The minimum Gasteiger partial charge on any atom is -0.378 e. The Hall–Kier alpha value is -2.25. The van der Waals surface area contributed by atoms with Gasteiger partial charge in [0.1, 0.15) is 0 Å². The number of rotatable bonds is 6. The Morgan fingerprint density at radius 3 is 2.47 bits per heavy atom. The van der Waals surface area contributed by atoms with Gasteiger partial charge in [-0.2, -0.15) is 13.2 Å². The van der Waals surface area contributed by atoms with Crippen LogP contribution in [0.4, 0.5) is 18.9 Å². The lowest BCUT2D eigenvalue weighted by atomic mass is 9.86. The first-order valence-corrected chi connectivity index (χ1v) is 9.96. The van der Waals surface area contributed by atoms with E-state index in [2.05, 4.69) is 10.5 Å². The number of oxime groups is 1. The number of carbonyl (C=O) groups excluding carboxylic acids is 1. The van der Waals surface area contributed by atoms with Crippen LogP contribution in [0.2, 0.25) is 10.0 Å². The molecule has 1 N–H and O–H groups in total. The van der Waals surface area contributed by atoms with Crippen molar-refractivity contribution in [3.05, 3.63) is 63.1 Å². The molecule has 30 heavy (non-hydrogen) atoms. The number of carbonyl (C=O) groups is 1. The molecule has 1 heterocycles. The van der Waals surface area contributed by atoms with Crippen molar-refractivity contribution in [1.82, 2.24) is 0 Å². The number of nitrogens with one attached hydrogen (secondary N) is 1. The van der Waals surface area contributed by atoms with E-state index in [0.29, 0.717) is 17.7 Å². The van der Waals surface area contributed by atoms with E-state index in [1.807, 2.05) is 6.92 Å². The molecule has 0 spiro atoms. The average Bonchev–Trinajstić information content (AvgIpc) is 3.13. The Bertz CT molecular complexity index is 988. The second-order valence-electron chi connectivity index (χ2n) is 7.06. The number of nitrogens with zero attached hydrogens (tertiary/aromatic N) is 1. The number of Topliss-reactive ketones (excluding diaryl/α,β-unsaturated/α-hetero) is 1. The lowest BCUT2D eigenvalue weighted by Crippen LogP contribution is -2.42. The molecule has 1 atom stereocenters. The van der Waals surface area contributed by atoms with Crippen LogP contribution in [0.5, 0.6) is 0 Å². The third-order valence-electron chi connectivity index (χ3n) is 4.96. The predicted molar refractivity (Wildman–Crippen MR) is 111 cm³/mol. The Labute approximate surface area is 182 Å². The Morgan fingerprint density at radius 1 is 1.20 bits per heavy atom. The maximum atomic E-state index is 14.1. The highest BCUT2D eigenvalue weighted by molar-refractivity contribution is 6.34. The molecule has 1 aliphatic rings. The highest BCUT2D eigenvalue weighted by Crippen LogP contribution is 2.49. The number of anilines is 1. The number of hydrogen-bond donors (Lipinski definition) is 1. The lowest BCUT2D eigenvalue weighted by Gasteiger charge is -2.29. The van der Waals surface area contributed by atoms with E-state index in [4.69, 9.17) is 28.0 Å². The average molecular weight is 459 g/mol. The summed E-state index contributed by atoms with van der Waals surface area (Å²) in [6.45, 7) is 3.73. The summed E-state index contributed by atoms with van der Waals surface area (Å²) in [5.41, 5.74) is -0.809. The van der Waals surface area contributed by atoms with Crippen LogP contribution in [0.1, 0.15) is 36.5 Å². The maximum absolute atomic E-state index is 14.1. The van der Waals surface area contributed by atoms with Gasteiger partial charge in [-0.25, -0.2) is 0 Å². The van der Waals surface area contributed by atoms with Crippen molar-refractivity contribution in [3.63, 3.8) is 0 Å². The van der Waals surface area contributed by atoms with Crippen LogP contribution < -0.4 is 5.32 Å². The highest BCUT2D eigenvalue weighted by atomic mass is 35.5. The molecule has 0 saturated heterocycles. The van der Waals surface area contributed by atoms with Crippen LogP contribution in [0, 0.1) is 6.92 Å². The lowest BCUT2D eigenvalue weighted by molar-refractivity contribution is -0.275. The zero-order chi connectivity index (χ0) is 22.1. The zero-order valence-electron chi connectivity index (χ0n) is 16.2. The first kappa shape index (κ1) is 22.4. The molecule has 0 radical (unpaired) electrons. The number of aryl methyl sites for hydroxylation is 1. The fourth-order valence-electron chi connectivity index (χ4n) is 3.16. The van der Waals surface area contributed by atoms with Crippen molar-refractivity contribution in [1.29, 1.82) is 0 Å². The van der Waals surface area contributed by atoms with E-state index in [0.717, 1.165) is 5.56 Å². The van der Waals surface area contributed by atoms with Gasteiger partial charge in [-0.05, 0) is 36.8 Å². The molecule has 4 nitrogen and oxygen atoms in total. The van der Waals surface area contributed by atoms with Gasteiger partial charge in [0, 0.05) is 39.7 Å². The second-order valence-corrected chi connectivity index (χ2v) is 7.94. The molecule has 0 fully saturated rings.